The fraction of sp³-hybridized carbons (Fsp3) is 0. The van der Waals surface area contributed by atoms with Gasteiger partial charge >= 0.3 is 0 Å². The first kappa shape index (κ1) is 16.5. The molecule has 0 spiro atoms. The summed E-state index contributed by atoms with van der Waals surface area (Å²) < 4.78 is 47.7. The molecule has 0 atom stereocenters. The minimum atomic E-state index is -0.411. The molecule has 0 saturated heterocycles. The minimum Gasteiger partial charge on any atom is -0.695 e. The van der Waals surface area contributed by atoms with E-state index >= 15 is 0 Å². The van der Waals surface area contributed by atoms with Crippen LogP contribution < -0.4 is 0 Å². The molecule has 0 heterocycles. The zero-order valence-corrected chi connectivity index (χ0v) is 9.81. The van der Waals surface area contributed by atoms with Gasteiger partial charge < -0.3 is 46.8 Å². The quantitative estimate of drug-likeness (QED) is 0.501. The Morgan fingerprint density at radius 3 is 1.18 bits per heavy atom. The standard InChI is InChI=1S/2C6H4F2.Cr/c2*7-5-1-2-6(8)4-3-5;/h2*1-4H;/q;-6;. The Labute approximate surface area is 109 Å². The molecule has 0 aromatic heterocycles. The molecule has 1 aromatic carbocycles. The molecule has 5 heteroatoms. The van der Waals surface area contributed by atoms with Crippen LogP contribution in [-0.2, 0) is 17.4 Å². The van der Waals surface area contributed by atoms with Gasteiger partial charge in [0, 0.05) is 17.4 Å². The molecule has 0 aliphatic heterocycles. The molecule has 96 valence electrons. The third-order valence-corrected chi connectivity index (χ3v) is 1.61. The van der Waals surface area contributed by atoms with Gasteiger partial charge in [0.1, 0.15) is 11.6 Å². The zero-order valence-electron chi connectivity index (χ0n) is 8.54. The molecular weight excluding hydrogens is 272 g/mol. The number of halogens is 4. The van der Waals surface area contributed by atoms with E-state index in [1.54, 1.807) is 0 Å². The van der Waals surface area contributed by atoms with Gasteiger partial charge in [-0.3, -0.25) is 0 Å². The Hall–Kier alpha value is -0.528. The number of hydrogen-bond donors (Lipinski definition) is 0. The van der Waals surface area contributed by atoms with Crippen LogP contribution >= 0.6 is 0 Å². The van der Waals surface area contributed by atoms with Crippen molar-refractivity contribution in [1.82, 2.24) is 0 Å². The topological polar surface area (TPSA) is 0 Å². The summed E-state index contributed by atoms with van der Waals surface area (Å²) in [4.78, 5) is 0. The smallest absolute Gasteiger partial charge is 0.123 e. The second kappa shape index (κ2) is 8.55. The predicted molar refractivity (Wildman–Crippen MR) is 52.3 cm³/mol. The summed E-state index contributed by atoms with van der Waals surface area (Å²) in [6.07, 6.45) is 3.49. The molecular formula is C12H8CrF4-6. The van der Waals surface area contributed by atoms with Crippen LogP contribution in [0.1, 0.15) is 0 Å². The molecule has 17 heavy (non-hydrogen) atoms. The van der Waals surface area contributed by atoms with Crippen LogP contribution in [0.4, 0.5) is 17.6 Å². The number of rotatable bonds is 0. The predicted octanol–water partition coefficient (Wildman–Crippen LogP) is 3.78. The van der Waals surface area contributed by atoms with E-state index in [1.807, 2.05) is 0 Å². The average Bonchev–Trinajstić information content (AvgIpc) is 2.28. The van der Waals surface area contributed by atoms with E-state index in [4.69, 9.17) is 0 Å². The maximum atomic E-state index is 11.9. The minimum absolute atomic E-state index is 0. The summed E-state index contributed by atoms with van der Waals surface area (Å²) in [6, 6.07) is 4.31. The summed E-state index contributed by atoms with van der Waals surface area (Å²) in [6.45, 7) is 0. The second-order valence-corrected chi connectivity index (χ2v) is 2.87. The van der Waals surface area contributed by atoms with Crippen molar-refractivity contribution in [3.63, 3.8) is 0 Å². The third-order valence-electron chi connectivity index (χ3n) is 1.61. The SMILES string of the molecule is F[C-]1[CH-][CH-][C-](F)[CH-][CH-]1.Fc1ccc(F)cc1.[Cr]. The summed E-state index contributed by atoms with van der Waals surface area (Å²) in [5.41, 5.74) is 0. The molecule has 0 radical (unpaired) electrons. The van der Waals surface area contributed by atoms with Crippen LogP contribution in [-0.4, -0.2) is 0 Å². The maximum absolute atomic E-state index is 11.9. The molecule has 1 aliphatic rings. The Morgan fingerprint density at radius 2 is 0.941 bits per heavy atom. The van der Waals surface area contributed by atoms with Crippen LogP contribution in [0.5, 0.6) is 0 Å². The first-order chi connectivity index (χ1) is 7.58. The average molecular weight is 280 g/mol. The molecule has 0 unspecified atom stereocenters. The molecule has 1 fully saturated rings. The van der Waals surface area contributed by atoms with Crippen molar-refractivity contribution in [1.29, 1.82) is 0 Å². The number of hydrogen-bond acceptors (Lipinski definition) is 0. The second-order valence-electron chi connectivity index (χ2n) is 2.87. The van der Waals surface area contributed by atoms with Crippen molar-refractivity contribution in [2.45, 2.75) is 0 Å². The molecule has 1 aromatic rings. The van der Waals surface area contributed by atoms with Gasteiger partial charge in [0.15, 0.2) is 0 Å². The molecule has 1 aliphatic carbocycles. The normalized spacial score (nSPS) is 16.7. The van der Waals surface area contributed by atoms with Gasteiger partial charge in [-0.2, -0.15) is 0 Å². The summed E-state index contributed by atoms with van der Waals surface area (Å²) in [7, 11) is 0. The van der Waals surface area contributed by atoms with E-state index in [1.165, 1.54) is 0 Å². The van der Waals surface area contributed by atoms with Crippen LogP contribution in [0.2, 0.25) is 0 Å². The Balaban J connectivity index is 0.000000284. The van der Waals surface area contributed by atoms with Gasteiger partial charge in [0.2, 0.25) is 0 Å². The summed E-state index contributed by atoms with van der Waals surface area (Å²) in [5, 5.41) is 0. The molecule has 0 amide bonds. The van der Waals surface area contributed by atoms with Crippen molar-refractivity contribution in [2.24, 2.45) is 0 Å². The van der Waals surface area contributed by atoms with Crippen molar-refractivity contribution < 1.29 is 34.9 Å². The Bertz CT molecular complexity index is 263. The summed E-state index contributed by atoms with van der Waals surface area (Å²) in [5.74, 6) is -0.821. The molecule has 0 nitrogen and oxygen atoms in total. The van der Waals surface area contributed by atoms with Crippen molar-refractivity contribution in [2.75, 3.05) is 0 Å². The monoisotopic (exact) mass is 280 g/mol. The van der Waals surface area contributed by atoms with Crippen molar-refractivity contribution in [3.05, 3.63) is 73.9 Å². The molecule has 0 bridgehead atoms. The zero-order chi connectivity index (χ0) is 12.0. The fourth-order valence-corrected chi connectivity index (χ4v) is 0.859. The molecule has 2 rings (SSSR count). The fourth-order valence-electron chi connectivity index (χ4n) is 0.859. The first-order valence-electron chi connectivity index (χ1n) is 4.40. The van der Waals surface area contributed by atoms with E-state index < -0.39 is 24.0 Å². The largest absolute Gasteiger partial charge is 0.695 e. The van der Waals surface area contributed by atoms with E-state index in [-0.39, 0.29) is 17.4 Å². The Morgan fingerprint density at radius 1 is 0.706 bits per heavy atom. The van der Waals surface area contributed by atoms with Gasteiger partial charge in [-0.05, 0) is 24.3 Å². The van der Waals surface area contributed by atoms with E-state index in [0.29, 0.717) is 0 Å². The van der Waals surface area contributed by atoms with Gasteiger partial charge in [-0.15, -0.1) is 0 Å². The van der Waals surface area contributed by atoms with Crippen LogP contribution in [0.3, 0.4) is 0 Å². The number of benzene rings is 1. The van der Waals surface area contributed by atoms with E-state index in [2.05, 4.69) is 0 Å². The summed E-state index contributed by atoms with van der Waals surface area (Å²) >= 11 is 0. The van der Waals surface area contributed by atoms with Gasteiger partial charge in [-0.25, -0.2) is 8.78 Å². The first-order valence-corrected chi connectivity index (χ1v) is 4.40. The van der Waals surface area contributed by atoms with Crippen LogP contribution in [0, 0.1) is 49.7 Å². The molecule has 1 saturated carbocycles. The van der Waals surface area contributed by atoms with E-state index in [9.17, 15) is 17.6 Å². The maximum Gasteiger partial charge on any atom is 0.123 e. The van der Waals surface area contributed by atoms with Gasteiger partial charge in [-0.1, -0.05) is 0 Å². The van der Waals surface area contributed by atoms with Gasteiger partial charge in [0.25, 0.3) is 0 Å². The van der Waals surface area contributed by atoms with E-state index in [0.717, 1.165) is 49.9 Å². The van der Waals surface area contributed by atoms with Crippen LogP contribution in [0.25, 0.3) is 0 Å². The Kier molecular flexibility index (Phi) is 8.28. The molecule has 0 N–H and O–H groups in total. The van der Waals surface area contributed by atoms with Crippen molar-refractivity contribution >= 4 is 0 Å². The van der Waals surface area contributed by atoms with Gasteiger partial charge in [0.05, 0.1) is 0 Å². The van der Waals surface area contributed by atoms with Crippen molar-refractivity contribution in [3.8, 4) is 0 Å². The van der Waals surface area contributed by atoms with Crippen LogP contribution in [0.15, 0.2) is 24.3 Å². The third kappa shape index (κ3) is 7.41.